The second-order valence-electron chi connectivity index (χ2n) is 4.68. The van der Waals surface area contributed by atoms with Gasteiger partial charge in [-0.3, -0.25) is 4.79 Å². The number of carboxylic acids is 1. The maximum Gasteiger partial charge on any atom is 0.323 e. The minimum atomic E-state index is -1.23. The standard InChI is InChI=1S/C13H16N2O2/c1-13(14,12(16)17)7-9-8-15(2)11-6-4-3-5-10(9)11/h3-6,8H,7,14H2,1-2H3,(H,16,17)/t13-/m0/s1. The fraction of sp³-hybridized carbons (Fsp3) is 0.308. The van der Waals surface area contributed by atoms with Crippen molar-refractivity contribution >= 4 is 16.9 Å². The molecule has 0 unspecified atom stereocenters. The van der Waals surface area contributed by atoms with E-state index < -0.39 is 11.5 Å². The van der Waals surface area contributed by atoms with Crippen molar-refractivity contribution in [3.63, 3.8) is 0 Å². The third kappa shape index (κ3) is 2.03. The minimum Gasteiger partial charge on any atom is -0.480 e. The number of carboxylic acid groups (broad SMARTS) is 1. The molecule has 17 heavy (non-hydrogen) atoms. The van der Waals surface area contributed by atoms with Gasteiger partial charge in [-0.2, -0.15) is 0 Å². The first-order valence-electron chi connectivity index (χ1n) is 5.47. The molecule has 4 heteroatoms. The van der Waals surface area contributed by atoms with E-state index in [-0.39, 0.29) is 0 Å². The van der Waals surface area contributed by atoms with Crippen molar-refractivity contribution in [1.82, 2.24) is 4.57 Å². The van der Waals surface area contributed by atoms with Crippen LogP contribution in [0, 0.1) is 0 Å². The summed E-state index contributed by atoms with van der Waals surface area (Å²) < 4.78 is 1.99. The largest absolute Gasteiger partial charge is 0.480 e. The maximum absolute atomic E-state index is 11.0. The summed E-state index contributed by atoms with van der Waals surface area (Å²) >= 11 is 0. The van der Waals surface area contributed by atoms with E-state index in [1.54, 1.807) is 0 Å². The second-order valence-corrected chi connectivity index (χ2v) is 4.68. The zero-order chi connectivity index (χ0) is 12.6. The van der Waals surface area contributed by atoms with Crippen molar-refractivity contribution in [2.75, 3.05) is 0 Å². The number of aryl methyl sites for hydroxylation is 1. The Morgan fingerprint density at radius 1 is 1.47 bits per heavy atom. The van der Waals surface area contributed by atoms with Crippen LogP contribution in [0.3, 0.4) is 0 Å². The number of hydrogen-bond donors (Lipinski definition) is 2. The number of benzene rings is 1. The van der Waals surface area contributed by atoms with Gasteiger partial charge in [-0.1, -0.05) is 18.2 Å². The van der Waals surface area contributed by atoms with Gasteiger partial charge in [0.2, 0.25) is 0 Å². The van der Waals surface area contributed by atoms with Crippen molar-refractivity contribution in [3.8, 4) is 0 Å². The van der Waals surface area contributed by atoms with Crippen molar-refractivity contribution in [1.29, 1.82) is 0 Å². The summed E-state index contributed by atoms with van der Waals surface area (Å²) in [6.45, 7) is 1.54. The van der Waals surface area contributed by atoms with Gasteiger partial charge < -0.3 is 15.4 Å². The molecule has 0 spiro atoms. The van der Waals surface area contributed by atoms with Gasteiger partial charge in [0.1, 0.15) is 5.54 Å². The van der Waals surface area contributed by atoms with Crippen LogP contribution in [0.4, 0.5) is 0 Å². The summed E-state index contributed by atoms with van der Waals surface area (Å²) in [5.74, 6) is -0.981. The van der Waals surface area contributed by atoms with Crippen LogP contribution < -0.4 is 5.73 Å². The molecule has 0 radical (unpaired) electrons. The summed E-state index contributed by atoms with van der Waals surface area (Å²) in [4.78, 5) is 11.0. The number of aromatic nitrogens is 1. The van der Waals surface area contributed by atoms with Crippen molar-refractivity contribution in [2.45, 2.75) is 18.9 Å². The Balaban J connectivity index is 2.47. The zero-order valence-electron chi connectivity index (χ0n) is 9.97. The second kappa shape index (κ2) is 3.89. The van der Waals surface area contributed by atoms with Gasteiger partial charge in [-0.05, 0) is 18.6 Å². The fourth-order valence-electron chi connectivity index (χ4n) is 2.04. The van der Waals surface area contributed by atoms with Crippen molar-refractivity contribution < 1.29 is 9.90 Å². The number of para-hydroxylation sites is 1. The summed E-state index contributed by atoms with van der Waals surface area (Å²) in [7, 11) is 1.94. The van der Waals surface area contributed by atoms with E-state index in [9.17, 15) is 4.79 Å². The molecule has 0 bridgehead atoms. The van der Waals surface area contributed by atoms with Crippen LogP contribution in [-0.4, -0.2) is 21.2 Å². The first kappa shape index (κ1) is 11.7. The molecule has 4 nitrogen and oxygen atoms in total. The van der Waals surface area contributed by atoms with Gasteiger partial charge in [0.15, 0.2) is 0 Å². The molecule has 2 rings (SSSR count). The molecule has 1 atom stereocenters. The van der Waals surface area contributed by atoms with E-state index >= 15 is 0 Å². The van der Waals surface area contributed by atoms with E-state index in [1.165, 1.54) is 6.92 Å². The van der Waals surface area contributed by atoms with Gasteiger partial charge in [0, 0.05) is 30.6 Å². The Hall–Kier alpha value is -1.81. The third-order valence-corrected chi connectivity index (χ3v) is 3.03. The molecule has 1 aromatic carbocycles. The number of rotatable bonds is 3. The Labute approximate surface area is 99.7 Å². The molecule has 0 aliphatic rings. The summed E-state index contributed by atoms with van der Waals surface area (Å²) in [6, 6.07) is 7.90. The molecule has 2 aromatic rings. The molecule has 90 valence electrons. The van der Waals surface area contributed by atoms with Crippen LogP contribution in [-0.2, 0) is 18.3 Å². The Morgan fingerprint density at radius 3 is 2.76 bits per heavy atom. The molecular formula is C13H16N2O2. The third-order valence-electron chi connectivity index (χ3n) is 3.03. The fourth-order valence-corrected chi connectivity index (χ4v) is 2.04. The zero-order valence-corrected chi connectivity index (χ0v) is 9.97. The average Bonchev–Trinajstić information content (AvgIpc) is 2.56. The minimum absolute atomic E-state index is 0.323. The topological polar surface area (TPSA) is 68.2 Å². The molecule has 3 N–H and O–H groups in total. The lowest BCUT2D eigenvalue weighted by Crippen LogP contribution is -2.46. The lowest BCUT2D eigenvalue weighted by atomic mass is 9.94. The Morgan fingerprint density at radius 2 is 2.12 bits per heavy atom. The first-order valence-corrected chi connectivity index (χ1v) is 5.47. The number of hydrogen-bond acceptors (Lipinski definition) is 2. The SMILES string of the molecule is Cn1cc(C[C@](C)(N)C(=O)O)c2ccccc21. The Bertz CT molecular complexity index is 570. The molecule has 0 saturated carbocycles. The lowest BCUT2D eigenvalue weighted by Gasteiger charge is -2.18. The maximum atomic E-state index is 11.0. The molecule has 1 aromatic heterocycles. The number of nitrogens with zero attached hydrogens (tertiary/aromatic N) is 1. The molecule has 0 saturated heterocycles. The number of carbonyl (C=O) groups is 1. The van der Waals surface area contributed by atoms with Crippen LogP contribution in [0.15, 0.2) is 30.5 Å². The normalized spacial score (nSPS) is 14.8. The van der Waals surface area contributed by atoms with Crippen LogP contribution in [0.1, 0.15) is 12.5 Å². The average molecular weight is 232 g/mol. The van der Waals surface area contributed by atoms with E-state index in [4.69, 9.17) is 10.8 Å². The summed E-state index contributed by atoms with van der Waals surface area (Å²) in [6.07, 6.45) is 2.27. The predicted molar refractivity (Wildman–Crippen MR) is 66.9 cm³/mol. The van der Waals surface area contributed by atoms with Crippen LogP contribution in [0.5, 0.6) is 0 Å². The smallest absolute Gasteiger partial charge is 0.323 e. The highest BCUT2D eigenvalue weighted by atomic mass is 16.4. The van der Waals surface area contributed by atoms with E-state index in [2.05, 4.69) is 0 Å². The molecular weight excluding hydrogens is 216 g/mol. The van der Waals surface area contributed by atoms with E-state index in [0.29, 0.717) is 6.42 Å². The lowest BCUT2D eigenvalue weighted by molar-refractivity contribution is -0.142. The Kier molecular flexibility index (Phi) is 2.67. The highest BCUT2D eigenvalue weighted by Crippen LogP contribution is 2.23. The summed E-state index contributed by atoms with van der Waals surface area (Å²) in [5, 5.41) is 10.1. The monoisotopic (exact) mass is 232 g/mol. The van der Waals surface area contributed by atoms with Crippen molar-refractivity contribution in [3.05, 3.63) is 36.0 Å². The van der Waals surface area contributed by atoms with Gasteiger partial charge in [0.25, 0.3) is 0 Å². The number of fused-ring (bicyclic) bond motifs is 1. The van der Waals surface area contributed by atoms with Gasteiger partial charge >= 0.3 is 5.97 Å². The van der Waals surface area contributed by atoms with Crippen LogP contribution in [0.25, 0.3) is 10.9 Å². The molecule has 0 amide bonds. The molecule has 1 heterocycles. The molecule has 0 fully saturated rings. The number of nitrogens with two attached hydrogens (primary N) is 1. The molecule has 0 aliphatic heterocycles. The predicted octanol–water partition coefficient (Wildman–Crippen LogP) is 1.52. The van der Waals surface area contributed by atoms with Gasteiger partial charge in [0.05, 0.1) is 0 Å². The molecule has 0 aliphatic carbocycles. The number of aliphatic carboxylic acids is 1. The van der Waals surface area contributed by atoms with Gasteiger partial charge in [-0.25, -0.2) is 0 Å². The van der Waals surface area contributed by atoms with Gasteiger partial charge in [-0.15, -0.1) is 0 Å². The quantitative estimate of drug-likeness (QED) is 0.843. The first-order chi connectivity index (χ1) is 7.92. The van der Waals surface area contributed by atoms with E-state index in [0.717, 1.165) is 16.5 Å². The van der Waals surface area contributed by atoms with Crippen LogP contribution in [0.2, 0.25) is 0 Å². The van der Waals surface area contributed by atoms with Crippen molar-refractivity contribution in [2.24, 2.45) is 12.8 Å². The van der Waals surface area contributed by atoms with E-state index in [1.807, 2.05) is 42.1 Å². The highest BCUT2D eigenvalue weighted by Gasteiger charge is 2.29. The highest BCUT2D eigenvalue weighted by molar-refractivity contribution is 5.86. The summed E-state index contributed by atoms with van der Waals surface area (Å²) in [5.41, 5.74) is 6.61. The van der Waals surface area contributed by atoms with Crippen LogP contribution >= 0.6 is 0 Å².